The fourth-order valence-corrected chi connectivity index (χ4v) is 5.53. The van der Waals surface area contributed by atoms with Crippen LogP contribution in [0.5, 0.6) is 11.5 Å². The number of rotatable bonds is 7. The zero-order valence-corrected chi connectivity index (χ0v) is 22.0. The summed E-state index contributed by atoms with van der Waals surface area (Å²) in [5, 5.41) is 11.9. The molecule has 1 aliphatic rings. The summed E-state index contributed by atoms with van der Waals surface area (Å²) in [6, 6.07) is 17.3. The lowest BCUT2D eigenvalue weighted by Crippen LogP contribution is -2.29. The highest BCUT2D eigenvalue weighted by molar-refractivity contribution is 7.22. The van der Waals surface area contributed by atoms with Crippen LogP contribution < -0.4 is 14.4 Å². The molecule has 4 aromatic rings. The maximum Gasteiger partial charge on any atom is 0.301 e. The maximum absolute atomic E-state index is 13.5. The Morgan fingerprint density at radius 1 is 1.08 bits per heavy atom. The second kappa shape index (κ2) is 10.1. The Labute approximate surface area is 224 Å². The van der Waals surface area contributed by atoms with Gasteiger partial charge in [0.05, 0.1) is 28.9 Å². The highest BCUT2D eigenvalue weighted by Gasteiger charge is 2.48. The quantitative estimate of drug-likeness (QED) is 0.135. The molecule has 1 amide bonds. The lowest BCUT2D eigenvalue weighted by atomic mass is 9.93. The van der Waals surface area contributed by atoms with Gasteiger partial charge in [0.2, 0.25) is 0 Å². The third kappa shape index (κ3) is 4.43. The van der Waals surface area contributed by atoms with Gasteiger partial charge in [0.1, 0.15) is 23.9 Å². The van der Waals surface area contributed by atoms with Gasteiger partial charge in [-0.1, -0.05) is 53.8 Å². The molecule has 38 heavy (non-hydrogen) atoms. The fraction of sp³-hybridized carbons (Fsp3) is 0.167. The third-order valence-corrected chi connectivity index (χ3v) is 7.46. The van der Waals surface area contributed by atoms with E-state index in [1.807, 2.05) is 44.2 Å². The molecule has 3 aromatic carbocycles. The molecule has 0 bridgehead atoms. The molecule has 0 spiro atoms. The van der Waals surface area contributed by atoms with Crippen LogP contribution in [0.2, 0.25) is 0 Å². The molecule has 192 valence electrons. The minimum absolute atomic E-state index is 0.0142. The normalized spacial score (nSPS) is 16.7. The first-order chi connectivity index (χ1) is 18.3. The fourth-order valence-electron chi connectivity index (χ4n) is 4.51. The Bertz CT molecular complexity index is 1600. The monoisotopic (exact) mass is 526 g/mol. The molecule has 0 radical (unpaired) electrons. The van der Waals surface area contributed by atoms with Gasteiger partial charge in [-0.15, -0.1) is 0 Å². The van der Waals surface area contributed by atoms with Crippen molar-refractivity contribution in [1.29, 1.82) is 0 Å². The molecule has 0 aliphatic carbocycles. The minimum atomic E-state index is -0.883. The third-order valence-electron chi connectivity index (χ3n) is 6.45. The van der Waals surface area contributed by atoms with Crippen LogP contribution in [0.25, 0.3) is 16.0 Å². The van der Waals surface area contributed by atoms with E-state index in [2.05, 4.69) is 11.6 Å². The first kappa shape index (κ1) is 25.2. The molecular formula is C30H26N2O5S. The van der Waals surface area contributed by atoms with E-state index in [1.165, 1.54) is 16.2 Å². The molecule has 5 rings (SSSR count). The van der Waals surface area contributed by atoms with Gasteiger partial charge < -0.3 is 14.6 Å². The average Bonchev–Trinajstić information content (AvgIpc) is 3.46. The Morgan fingerprint density at radius 3 is 2.53 bits per heavy atom. The molecule has 1 aromatic heterocycles. The van der Waals surface area contributed by atoms with Crippen LogP contribution in [0.15, 0.2) is 78.9 Å². The van der Waals surface area contributed by atoms with Gasteiger partial charge in [0.25, 0.3) is 5.78 Å². The predicted molar refractivity (Wildman–Crippen MR) is 149 cm³/mol. The number of ketones is 1. The van der Waals surface area contributed by atoms with Crippen LogP contribution in [0.3, 0.4) is 0 Å². The molecule has 1 aliphatic heterocycles. The number of Topliss-reactive ketones (excluding diaryl/α,β-unsaturated/α-hetero) is 1. The number of aliphatic hydroxyl groups excluding tert-OH is 1. The van der Waals surface area contributed by atoms with Crippen LogP contribution in [0.1, 0.15) is 28.3 Å². The van der Waals surface area contributed by atoms with E-state index < -0.39 is 17.7 Å². The van der Waals surface area contributed by atoms with E-state index in [0.717, 1.165) is 15.8 Å². The van der Waals surface area contributed by atoms with E-state index in [4.69, 9.17) is 9.47 Å². The number of aromatic nitrogens is 1. The number of hydrogen-bond donors (Lipinski definition) is 1. The first-order valence-corrected chi connectivity index (χ1v) is 12.8. The number of carbonyl (C=O) groups excluding carboxylic acids is 2. The maximum atomic E-state index is 13.5. The van der Waals surface area contributed by atoms with Gasteiger partial charge in [-0.3, -0.25) is 14.5 Å². The van der Waals surface area contributed by atoms with Gasteiger partial charge in [0, 0.05) is 5.56 Å². The number of anilines is 1. The standard InChI is InChI=1S/C30H26N2O5S/c1-5-14-37-20-10-8-19(9-11-20)26-25(27(33)22-15-17(2)6-7-18(22)3)28(34)29(35)32(26)30-31-23-13-12-21(36-4)16-24(23)38-30/h5-13,15-16,26,33H,1,14H2,2-4H3/b27-25+. The minimum Gasteiger partial charge on any atom is -0.507 e. The van der Waals surface area contributed by atoms with Crippen molar-refractivity contribution < 1.29 is 24.2 Å². The van der Waals surface area contributed by atoms with Gasteiger partial charge >= 0.3 is 5.91 Å². The molecule has 7 nitrogen and oxygen atoms in total. The summed E-state index contributed by atoms with van der Waals surface area (Å²) < 4.78 is 11.7. The lowest BCUT2D eigenvalue weighted by Gasteiger charge is -2.23. The average molecular weight is 527 g/mol. The number of fused-ring (bicyclic) bond motifs is 1. The van der Waals surface area contributed by atoms with Crippen molar-refractivity contribution in [2.75, 3.05) is 18.6 Å². The smallest absolute Gasteiger partial charge is 0.301 e. The van der Waals surface area contributed by atoms with Crippen LogP contribution in [-0.2, 0) is 9.59 Å². The molecular weight excluding hydrogens is 500 g/mol. The molecule has 1 saturated heterocycles. The van der Waals surface area contributed by atoms with Crippen molar-refractivity contribution in [3.8, 4) is 11.5 Å². The number of thiazole rings is 1. The molecule has 1 unspecified atom stereocenters. The molecule has 1 atom stereocenters. The van der Waals surface area contributed by atoms with Crippen LogP contribution in [0, 0.1) is 13.8 Å². The zero-order valence-electron chi connectivity index (χ0n) is 21.2. The van der Waals surface area contributed by atoms with Crippen molar-refractivity contribution in [2.24, 2.45) is 0 Å². The lowest BCUT2D eigenvalue weighted by molar-refractivity contribution is -0.132. The summed E-state index contributed by atoms with van der Waals surface area (Å²) in [5.74, 6) is -0.451. The summed E-state index contributed by atoms with van der Waals surface area (Å²) >= 11 is 1.28. The van der Waals surface area contributed by atoms with E-state index >= 15 is 0 Å². The number of benzene rings is 3. The van der Waals surface area contributed by atoms with Crippen LogP contribution in [0.4, 0.5) is 5.13 Å². The number of nitrogens with zero attached hydrogens (tertiary/aromatic N) is 2. The van der Waals surface area contributed by atoms with Gasteiger partial charge in [-0.25, -0.2) is 4.98 Å². The van der Waals surface area contributed by atoms with Crippen molar-refractivity contribution in [2.45, 2.75) is 19.9 Å². The topological polar surface area (TPSA) is 89.0 Å². The Balaban J connectivity index is 1.70. The van der Waals surface area contributed by atoms with E-state index in [1.54, 1.807) is 43.5 Å². The Hall–Kier alpha value is -4.43. The predicted octanol–water partition coefficient (Wildman–Crippen LogP) is 6.11. The number of aryl methyl sites for hydroxylation is 2. The molecule has 1 fully saturated rings. The largest absolute Gasteiger partial charge is 0.507 e. The Morgan fingerprint density at radius 2 is 1.82 bits per heavy atom. The second-order valence-corrected chi connectivity index (χ2v) is 10.00. The summed E-state index contributed by atoms with van der Waals surface area (Å²) in [5.41, 5.74) is 3.55. The zero-order chi connectivity index (χ0) is 27.0. The van der Waals surface area contributed by atoms with Crippen molar-refractivity contribution >= 4 is 44.1 Å². The number of carbonyl (C=O) groups is 2. The molecule has 1 N–H and O–H groups in total. The number of ether oxygens (including phenoxy) is 2. The summed E-state index contributed by atoms with van der Waals surface area (Å²) in [6.45, 7) is 7.77. The number of aliphatic hydroxyl groups is 1. The summed E-state index contributed by atoms with van der Waals surface area (Å²) in [7, 11) is 1.58. The number of methoxy groups -OCH3 is 1. The van der Waals surface area contributed by atoms with Crippen molar-refractivity contribution in [3.05, 3.63) is 101 Å². The van der Waals surface area contributed by atoms with Gasteiger partial charge in [0.15, 0.2) is 5.13 Å². The van der Waals surface area contributed by atoms with Gasteiger partial charge in [-0.05, 0) is 61.4 Å². The van der Waals surface area contributed by atoms with Crippen molar-refractivity contribution in [3.63, 3.8) is 0 Å². The SMILES string of the molecule is C=CCOc1ccc(C2/C(=C(\O)c3cc(C)ccc3C)C(=O)C(=O)N2c2nc3ccc(OC)cc3s2)cc1. The number of hydrogen-bond acceptors (Lipinski definition) is 7. The second-order valence-electron chi connectivity index (χ2n) is 8.99. The van der Waals surface area contributed by atoms with E-state index in [9.17, 15) is 14.7 Å². The highest BCUT2D eigenvalue weighted by Crippen LogP contribution is 2.45. The molecule has 8 heteroatoms. The molecule has 2 heterocycles. The Kier molecular flexibility index (Phi) is 6.73. The van der Waals surface area contributed by atoms with Crippen molar-refractivity contribution in [1.82, 2.24) is 4.98 Å². The number of amides is 1. The summed E-state index contributed by atoms with van der Waals surface area (Å²) in [6.07, 6.45) is 1.65. The van der Waals surface area contributed by atoms with E-state index in [0.29, 0.717) is 39.9 Å². The first-order valence-electron chi connectivity index (χ1n) is 12.0. The van der Waals surface area contributed by atoms with E-state index in [-0.39, 0.29) is 11.3 Å². The van der Waals surface area contributed by atoms with Gasteiger partial charge in [-0.2, -0.15) is 0 Å². The summed E-state index contributed by atoms with van der Waals surface area (Å²) in [4.78, 5) is 33.1. The van der Waals surface area contributed by atoms with Crippen LogP contribution in [-0.4, -0.2) is 35.5 Å². The van der Waals surface area contributed by atoms with Crippen LogP contribution >= 0.6 is 11.3 Å². The highest BCUT2D eigenvalue weighted by atomic mass is 32.1. The molecule has 0 saturated carbocycles.